The van der Waals surface area contributed by atoms with Crippen molar-refractivity contribution in [1.29, 1.82) is 0 Å². The van der Waals surface area contributed by atoms with Crippen LogP contribution in [-0.4, -0.2) is 22.9 Å². The smallest absolute Gasteiger partial charge is 0.307 e. The van der Waals surface area contributed by atoms with Gasteiger partial charge in [-0.2, -0.15) is 0 Å². The van der Waals surface area contributed by atoms with Crippen LogP contribution in [0.15, 0.2) is 33.9 Å². The molecule has 84 valence electrons. The van der Waals surface area contributed by atoms with Gasteiger partial charge in [-0.15, -0.1) is 0 Å². The van der Waals surface area contributed by atoms with Crippen LogP contribution >= 0.6 is 15.9 Å². The molecule has 0 aromatic heterocycles. The minimum Gasteiger partial charge on any atom is -0.481 e. The summed E-state index contributed by atoms with van der Waals surface area (Å²) < 4.78 is 0.967. The fraction of sp³-hybridized carbons (Fsp3) is 0.273. The first kappa shape index (κ1) is 11.1. The molecule has 0 fully saturated rings. The van der Waals surface area contributed by atoms with Gasteiger partial charge in [0.25, 0.3) is 0 Å². The summed E-state index contributed by atoms with van der Waals surface area (Å²) in [5.74, 6) is -0.865. The topological polar surface area (TPSA) is 58.9 Å². The van der Waals surface area contributed by atoms with Crippen molar-refractivity contribution in [2.45, 2.75) is 18.9 Å². The Bertz CT molecular complexity index is 445. The summed E-state index contributed by atoms with van der Waals surface area (Å²) in [5, 5.41) is 12.6. The number of benzene rings is 1. The predicted octanol–water partition coefficient (Wildman–Crippen LogP) is 2.42. The van der Waals surface area contributed by atoms with Gasteiger partial charge in [-0.3, -0.25) is 4.79 Å². The Labute approximate surface area is 101 Å². The Morgan fingerprint density at radius 2 is 2.44 bits per heavy atom. The summed E-state index contributed by atoms with van der Waals surface area (Å²) in [4.78, 5) is 15.6. The molecular formula is C11H10BrNO3. The molecule has 4 nitrogen and oxygen atoms in total. The highest BCUT2D eigenvalue weighted by Crippen LogP contribution is 2.21. The third kappa shape index (κ3) is 2.61. The van der Waals surface area contributed by atoms with Crippen LogP contribution in [-0.2, 0) is 9.63 Å². The second-order valence-electron chi connectivity index (χ2n) is 3.58. The van der Waals surface area contributed by atoms with Crippen LogP contribution in [0, 0.1) is 0 Å². The molecule has 0 aliphatic carbocycles. The van der Waals surface area contributed by atoms with E-state index < -0.39 is 5.97 Å². The zero-order valence-electron chi connectivity index (χ0n) is 8.39. The van der Waals surface area contributed by atoms with Crippen LogP contribution in [0.4, 0.5) is 0 Å². The van der Waals surface area contributed by atoms with Gasteiger partial charge < -0.3 is 9.94 Å². The molecule has 1 aromatic rings. The minimum absolute atomic E-state index is 0.0129. The van der Waals surface area contributed by atoms with Crippen LogP contribution < -0.4 is 0 Å². The number of nitrogens with zero attached hydrogens (tertiary/aromatic N) is 1. The molecule has 1 aliphatic heterocycles. The molecule has 0 radical (unpaired) electrons. The second-order valence-corrected chi connectivity index (χ2v) is 4.49. The molecule has 0 bridgehead atoms. The van der Waals surface area contributed by atoms with Gasteiger partial charge in [-0.05, 0) is 12.1 Å². The number of carbonyl (C=O) groups is 1. The summed E-state index contributed by atoms with van der Waals surface area (Å²) in [7, 11) is 0. The molecule has 16 heavy (non-hydrogen) atoms. The highest BCUT2D eigenvalue weighted by Gasteiger charge is 2.24. The number of carboxylic acid groups (broad SMARTS) is 1. The molecule has 1 N–H and O–H groups in total. The minimum atomic E-state index is -0.865. The average molecular weight is 284 g/mol. The molecule has 1 heterocycles. The van der Waals surface area contributed by atoms with E-state index in [-0.39, 0.29) is 12.5 Å². The summed E-state index contributed by atoms with van der Waals surface area (Å²) in [6.45, 7) is 0. The maximum absolute atomic E-state index is 10.5. The Morgan fingerprint density at radius 1 is 1.62 bits per heavy atom. The molecule has 0 saturated carbocycles. The van der Waals surface area contributed by atoms with Crippen molar-refractivity contribution >= 4 is 27.6 Å². The summed E-state index contributed by atoms with van der Waals surface area (Å²) >= 11 is 3.37. The van der Waals surface area contributed by atoms with Crippen LogP contribution in [0.25, 0.3) is 0 Å². The van der Waals surface area contributed by atoms with Crippen molar-refractivity contribution in [1.82, 2.24) is 0 Å². The third-order valence-corrected chi connectivity index (χ3v) is 2.79. The van der Waals surface area contributed by atoms with Crippen LogP contribution in [0.5, 0.6) is 0 Å². The van der Waals surface area contributed by atoms with Crippen molar-refractivity contribution in [3.8, 4) is 0 Å². The number of halogens is 1. The van der Waals surface area contributed by atoms with Gasteiger partial charge >= 0.3 is 5.97 Å². The highest BCUT2D eigenvalue weighted by atomic mass is 79.9. The summed E-state index contributed by atoms with van der Waals surface area (Å²) in [6, 6.07) is 7.70. The van der Waals surface area contributed by atoms with E-state index in [1.54, 1.807) is 0 Å². The molecule has 0 spiro atoms. The van der Waals surface area contributed by atoms with E-state index in [1.807, 2.05) is 24.3 Å². The highest BCUT2D eigenvalue weighted by molar-refractivity contribution is 9.10. The maximum atomic E-state index is 10.5. The molecule has 1 aliphatic rings. The number of hydrogen-bond donors (Lipinski definition) is 1. The zero-order chi connectivity index (χ0) is 11.5. The molecular weight excluding hydrogens is 274 g/mol. The van der Waals surface area contributed by atoms with Gasteiger partial charge in [0.1, 0.15) is 6.10 Å². The lowest BCUT2D eigenvalue weighted by molar-refractivity contribution is -0.139. The Kier molecular flexibility index (Phi) is 3.24. The lowest BCUT2D eigenvalue weighted by Crippen LogP contribution is -2.13. The van der Waals surface area contributed by atoms with Crippen LogP contribution in [0.1, 0.15) is 18.4 Å². The molecule has 2 rings (SSSR count). The van der Waals surface area contributed by atoms with Crippen molar-refractivity contribution < 1.29 is 14.7 Å². The summed E-state index contributed by atoms with van der Waals surface area (Å²) in [6.07, 6.45) is 0.190. The van der Waals surface area contributed by atoms with E-state index in [1.165, 1.54) is 0 Å². The second kappa shape index (κ2) is 4.65. The molecule has 0 amide bonds. The molecule has 1 atom stereocenters. The number of aliphatic carboxylic acids is 1. The zero-order valence-corrected chi connectivity index (χ0v) is 9.98. The van der Waals surface area contributed by atoms with E-state index in [2.05, 4.69) is 21.1 Å². The monoisotopic (exact) mass is 283 g/mol. The van der Waals surface area contributed by atoms with Gasteiger partial charge in [0.15, 0.2) is 0 Å². The largest absolute Gasteiger partial charge is 0.481 e. The normalized spacial score (nSPS) is 19.1. The SMILES string of the molecule is O=C(O)CC1CC(c2cccc(Br)c2)=NO1. The van der Waals surface area contributed by atoms with E-state index in [9.17, 15) is 4.79 Å². The molecule has 1 aromatic carbocycles. The predicted molar refractivity (Wildman–Crippen MR) is 62.4 cm³/mol. The van der Waals surface area contributed by atoms with Crippen molar-refractivity contribution in [3.63, 3.8) is 0 Å². The number of carboxylic acids is 1. The lowest BCUT2D eigenvalue weighted by Gasteiger charge is -2.03. The molecule has 0 saturated heterocycles. The van der Waals surface area contributed by atoms with Gasteiger partial charge in [-0.1, -0.05) is 33.2 Å². The molecule has 5 heteroatoms. The third-order valence-electron chi connectivity index (χ3n) is 2.29. The Hall–Kier alpha value is -1.36. The van der Waals surface area contributed by atoms with E-state index >= 15 is 0 Å². The fourth-order valence-corrected chi connectivity index (χ4v) is 1.97. The lowest BCUT2D eigenvalue weighted by atomic mass is 10.0. The van der Waals surface area contributed by atoms with Crippen LogP contribution in [0.3, 0.4) is 0 Å². The first-order valence-corrected chi connectivity index (χ1v) is 5.65. The number of oxime groups is 1. The fourth-order valence-electron chi connectivity index (χ4n) is 1.57. The van der Waals surface area contributed by atoms with Gasteiger partial charge in [-0.25, -0.2) is 0 Å². The molecule has 1 unspecified atom stereocenters. The number of rotatable bonds is 3. The van der Waals surface area contributed by atoms with Gasteiger partial charge in [0, 0.05) is 16.5 Å². The standard InChI is InChI=1S/C11H10BrNO3/c12-8-3-1-2-7(4-8)10-5-9(16-13-10)6-11(14)15/h1-4,9H,5-6H2,(H,14,15). The Balaban J connectivity index is 2.06. The first-order chi connectivity index (χ1) is 7.65. The maximum Gasteiger partial charge on any atom is 0.307 e. The van der Waals surface area contributed by atoms with Crippen molar-refractivity contribution in [3.05, 3.63) is 34.3 Å². The van der Waals surface area contributed by atoms with Gasteiger partial charge in [0.05, 0.1) is 12.1 Å². The van der Waals surface area contributed by atoms with Crippen molar-refractivity contribution in [2.75, 3.05) is 0 Å². The summed E-state index contributed by atoms with van der Waals surface area (Å²) in [5.41, 5.74) is 1.76. The van der Waals surface area contributed by atoms with Crippen molar-refractivity contribution in [2.24, 2.45) is 5.16 Å². The number of hydrogen-bond acceptors (Lipinski definition) is 3. The van der Waals surface area contributed by atoms with Gasteiger partial charge in [0.2, 0.25) is 0 Å². The van der Waals surface area contributed by atoms with E-state index in [0.29, 0.717) is 6.42 Å². The quantitative estimate of drug-likeness (QED) is 0.927. The Morgan fingerprint density at radius 3 is 3.12 bits per heavy atom. The van der Waals surface area contributed by atoms with E-state index in [0.717, 1.165) is 15.7 Å². The van der Waals surface area contributed by atoms with E-state index in [4.69, 9.17) is 9.94 Å². The van der Waals surface area contributed by atoms with Crippen LogP contribution in [0.2, 0.25) is 0 Å². The first-order valence-electron chi connectivity index (χ1n) is 4.85. The average Bonchev–Trinajstić information content (AvgIpc) is 2.65.